The molecule has 0 aliphatic rings. The van der Waals surface area contributed by atoms with Crippen molar-refractivity contribution in [3.8, 4) is 0 Å². The van der Waals surface area contributed by atoms with Crippen LogP contribution in [0.5, 0.6) is 0 Å². The summed E-state index contributed by atoms with van der Waals surface area (Å²) in [7, 11) is 0. The highest BCUT2D eigenvalue weighted by molar-refractivity contribution is 5.59. The first-order valence-corrected chi connectivity index (χ1v) is 5.26. The summed E-state index contributed by atoms with van der Waals surface area (Å²) in [6.07, 6.45) is 0.884. The smallest absolute Gasteiger partial charge is 0.272 e. The Morgan fingerprint density at radius 2 is 2.06 bits per heavy atom. The molecule has 0 aromatic heterocycles. The number of nitrogens with zero attached hydrogens (tertiary/aromatic N) is 1. The zero-order valence-electron chi connectivity index (χ0n) is 9.62. The van der Waals surface area contributed by atoms with E-state index in [0.29, 0.717) is 12.1 Å². The van der Waals surface area contributed by atoms with Gasteiger partial charge in [-0.2, -0.15) is 0 Å². The molecule has 0 bridgehead atoms. The van der Waals surface area contributed by atoms with Crippen molar-refractivity contribution in [1.82, 2.24) is 0 Å². The lowest BCUT2D eigenvalue weighted by Crippen LogP contribution is -2.09. The zero-order valence-corrected chi connectivity index (χ0v) is 9.62. The van der Waals surface area contributed by atoms with Crippen molar-refractivity contribution in [1.29, 1.82) is 0 Å². The number of hydrogen-bond donors (Lipinski definition) is 2. The van der Waals surface area contributed by atoms with Gasteiger partial charge in [-0.05, 0) is 38.4 Å². The van der Waals surface area contributed by atoms with Gasteiger partial charge < -0.3 is 11.1 Å². The van der Waals surface area contributed by atoms with Crippen LogP contribution in [0.2, 0.25) is 0 Å². The SMILES string of the molecule is Cc1cc([N+](=O)[O-])c(C)cc1NCCCN. The molecule has 0 saturated carbocycles. The summed E-state index contributed by atoms with van der Waals surface area (Å²) in [4.78, 5) is 10.4. The fourth-order valence-corrected chi connectivity index (χ4v) is 1.51. The third-order valence-corrected chi connectivity index (χ3v) is 2.44. The van der Waals surface area contributed by atoms with Gasteiger partial charge in [-0.1, -0.05) is 0 Å². The second-order valence-electron chi connectivity index (χ2n) is 3.78. The van der Waals surface area contributed by atoms with E-state index in [2.05, 4.69) is 5.32 Å². The highest BCUT2D eigenvalue weighted by Crippen LogP contribution is 2.25. The maximum absolute atomic E-state index is 10.7. The third-order valence-electron chi connectivity index (χ3n) is 2.44. The van der Waals surface area contributed by atoms with Gasteiger partial charge in [0.25, 0.3) is 5.69 Å². The number of anilines is 1. The second kappa shape index (κ2) is 5.46. The second-order valence-corrected chi connectivity index (χ2v) is 3.78. The van der Waals surface area contributed by atoms with Gasteiger partial charge in [-0.25, -0.2) is 0 Å². The van der Waals surface area contributed by atoms with Crippen LogP contribution in [0.15, 0.2) is 12.1 Å². The molecular formula is C11H17N3O2. The molecule has 0 aliphatic heterocycles. The Morgan fingerprint density at radius 1 is 1.38 bits per heavy atom. The molecular weight excluding hydrogens is 206 g/mol. The lowest BCUT2D eigenvalue weighted by molar-refractivity contribution is -0.385. The van der Waals surface area contributed by atoms with Crippen LogP contribution >= 0.6 is 0 Å². The average molecular weight is 223 g/mol. The summed E-state index contributed by atoms with van der Waals surface area (Å²) in [6.45, 7) is 5.02. The molecule has 16 heavy (non-hydrogen) atoms. The van der Waals surface area contributed by atoms with E-state index in [1.165, 1.54) is 0 Å². The average Bonchev–Trinajstić information content (AvgIpc) is 2.22. The number of hydrogen-bond acceptors (Lipinski definition) is 4. The van der Waals surface area contributed by atoms with Crippen molar-refractivity contribution in [2.75, 3.05) is 18.4 Å². The molecule has 0 saturated heterocycles. The van der Waals surface area contributed by atoms with Crippen molar-refractivity contribution in [3.63, 3.8) is 0 Å². The van der Waals surface area contributed by atoms with Crippen LogP contribution in [0.1, 0.15) is 17.5 Å². The molecule has 0 amide bonds. The maximum Gasteiger partial charge on any atom is 0.272 e. The van der Waals surface area contributed by atoms with Crippen LogP contribution < -0.4 is 11.1 Å². The standard InChI is InChI=1S/C11H17N3O2/c1-8-7-11(14(15)16)9(2)6-10(8)13-5-3-4-12/h6-7,13H,3-5,12H2,1-2H3. The largest absolute Gasteiger partial charge is 0.385 e. The Bertz CT molecular complexity index is 391. The molecule has 5 nitrogen and oxygen atoms in total. The van der Waals surface area contributed by atoms with Gasteiger partial charge in [0.1, 0.15) is 0 Å². The number of benzene rings is 1. The van der Waals surface area contributed by atoms with Crippen molar-refractivity contribution in [2.24, 2.45) is 5.73 Å². The summed E-state index contributed by atoms with van der Waals surface area (Å²) < 4.78 is 0. The normalized spacial score (nSPS) is 10.2. The van der Waals surface area contributed by atoms with Crippen LogP contribution in [-0.2, 0) is 0 Å². The molecule has 0 unspecified atom stereocenters. The number of nitrogens with two attached hydrogens (primary N) is 1. The summed E-state index contributed by atoms with van der Waals surface area (Å²) in [5.41, 5.74) is 8.06. The van der Waals surface area contributed by atoms with Crippen LogP contribution in [0, 0.1) is 24.0 Å². The van der Waals surface area contributed by atoms with E-state index in [-0.39, 0.29) is 10.6 Å². The van der Waals surface area contributed by atoms with E-state index in [9.17, 15) is 10.1 Å². The summed E-state index contributed by atoms with van der Waals surface area (Å²) >= 11 is 0. The number of nitro benzene ring substituents is 1. The zero-order chi connectivity index (χ0) is 12.1. The molecule has 0 aliphatic carbocycles. The lowest BCUT2D eigenvalue weighted by atomic mass is 10.1. The predicted octanol–water partition coefficient (Wildman–Crippen LogP) is 1.97. The van der Waals surface area contributed by atoms with Crippen LogP contribution in [0.4, 0.5) is 11.4 Å². The number of rotatable bonds is 5. The van der Waals surface area contributed by atoms with Crippen LogP contribution in [0.3, 0.4) is 0 Å². The van der Waals surface area contributed by atoms with Crippen LogP contribution in [-0.4, -0.2) is 18.0 Å². The molecule has 1 aromatic carbocycles. The molecule has 88 valence electrons. The van der Waals surface area contributed by atoms with Gasteiger partial charge >= 0.3 is 0 Å². The maximum atomic E-state index is 10.7. The fraction of sp³-hybridized carbons (Fsp3) is 0.455. The monoisotopic (exact) mass is 223 g/mol. The molecule has 1 aromatic rings. The Hall–Kier alpha value is -1.62. The fourth-order valence-electron chi connectivity index (χ4n) is 1.51. The number of nitro groups is 1. The van der Waals surface area contributed by atoms with Gasteiger partial charge in [0, 0.05) is 23.9 Å². The van der Waals surface area contributed by atoms with Gasteiger partial charge in [-0.3, -0.25) is 10.1 Å². The van der Waals surface area contributed by atoms with Crippen LogP contribution in [0.25, 0.3) is 0 Å². The number of aryl methyl sites for hydroxylation is 2. The van der Waals surface area contributed by atoms with E-state index in [1.54, 1.807) is 13.0 Å². The first-order chi connectivity index (χ1) is 7.56. The quantitative estimate of drug-likeness (QED) is 0.454. The van der Waals surface area contributed by atoms with Crippen molar-refractivity contribution in [2.45, 2.75) is 20.3 Å². The van der Waals surface area contributed by atoms with Crippen molar-refractivity contribution < 1.29 is 4.92 Å². The molecule has 0 fully saturated rings. The van der Waals surface area contributed by atoms with E-state index < -0.39 is 0 Å². The molecule has 5 heteroatoms. The minimum absolute atomic E-state index is 0.168. The van der Waals surface area contributed by atoms with Crippen molar-refractivity contribution >= 4 is 11.4 Å². The highest BCUT2D eigenvalue weighted by Gasteiger charge is 2.12. The first kappa shape index (κ1) is 12.4. The Kier molecular flexibility index (Phi) is 4.25. The van der Waals surface area contributed by atoms with E-state index >= 15 is 0 Å². The Labute approximate surface area is 94.8 Å². The van der Waals surface area contributed by atoms with Gasteiger partial charge in [0.2, 0.25) is 0 Å². The van der Waals surface area contributed by atoms with E-state index in [1.807, 2.05) is 13.0 Å². The summed E-state index contributed by atoms with van der Waals surface area (Å²) in [5.74, 6) is 0. The minimum Gasteiger partial charge on any atom is -0.385 e. The topological polar surface area (TPSA) is 81.2 Å². The molecule has 0 radical (unpaired) electrons. The molecule has 0 spiro atoms. The van der Waals surface area contributed by atoms with Crippen molar-refractivity contribution in [3.05, 3.63) is 33.4 Å². The first-order valence-electron chi connectivity index (χ1n) is 5.26. The molecule has 3 N–H and O–H groups in total. The summed E-state index contributed by atoms with van der Waals surface area (Å²) in [5, 5.41) is 13.9. The van der Waals surface area contributed by atoms with E-state index in [0.717, 1.165) is 24.2 Å². The van der Waals surface area contributed by atoms with Gasteiger partial charge in [0.05, 0.1) is 4.92 Å². The molecule has 0 heterocycles. The van der Waals surface area contributed by atoms with Gasteiger partial charge in [-0.15, -0.1) is 0 Å². The predicted molar refractivity (Wildman–Crippen MR) is 64.7 cm³/mol. The number of nitrogens with one attached hydrogen (secondary N) is 1. The molecule has 1 rings (SSSR count). The van der Waals surface area contributed by atoms with E-state index in [4.69, 9.17) is 5.73 Å². The Morgan fingerprint density at radius 3 is 2.62 bits per heavy atom. The summed E-state index contributed by atoms with van der Waals surface area (Å²) in [6, 6.07) is 3.41. The Balaban J connectivity index is 2.88. The lowest BCUT2D eigenvalue weighted by Gasteiger charge is -2.10. The molecule has 0 atom stereocenters. The minimum atomic E-state index is -0.355. The highest BCUT2D eigenvalue weighted by atomic mass is 16.6. The third kappa shape index (κ3) is 2.93. The van der Waals surface area contributed by atoms with Gasteiger partial charge in [0.15, 0.2) is 0 Å².